The third-order valence-electron chi connectivity index (χ3n) is 7.79. The number of benzene rings is 7. The molecule has 0 saturated heterocycles. The normalized spacial score (nSPS) is 11.5. The van der Waals surface area contributed by atoms with Crippen molar-refractivity contribution >= 4 is 70.1 Å². The molecule has 0 bridgehead atoms. The highest BCUT2D eigenvalue weighted by Crippen LogP contribution is 2.47. The maximum Gasteiger partial charge on any atom is 0.0547 e. The molecule has 1 aromatic heterocycles. The van der Waals surface area contributed by atoms with Crippen molar-refractivity contribution in [2.45, 2.75) is 0 Å². The minimum atomic E-state index is 1.14. The number of rotatable bonds is 4. The highest BCUT2D eigenvalue weighted by atomic mass is 32.1. The maximum absolute atomic E-state index is 2.42. The number of thiophene rings is 1. The average molecular weight is 528 g/mol. The molecule has 0 aliphatic heterocycles. The van der Waals surface area contributed by atoms with E-state index in [0.29, 0.717) is 0 Å². The topological polar surface area (TPSA) is 3.24 Å². The molecule has 0 aliphatic carbocycles. The summed E-state index contributed by atoms with van der Waals surface area (Å²) in [5.74, 6) is 0. The van der Waals surface area contributed by atoms with E-state index in [1.807, 2.05) is 11.3 Å². The molecule has 0 atom stereocenters. The van der Waals surface area contributed by atoms with Gasteiger partial charge in [0.15, 0.2) is 0 Å². The Morgan fingerprint density at radius 2 is 1.02 bits per heavy atom. The Morgan fingerprint density at radius 3 is 1.82 bits per heavy atom. The Kier molecular flexibility index (Phi) is 5.39. The Balaban J connectivity index is 1.44. The third kappa shape index (κ3) is 3.77. The summed E-state index contributed by atoms with van der Waals surface area (Å²) >= 11 is 1.90. The fourth-order valence-electron chi connectivity index (χ4n) is 5.91. The zero-order chi connectivity index (χ0) is 26.5. The lowest BCUT2D eigenvalue weighted by Crippen LogP contribution is -2.10. The lowest BCUT2D eigenvalue weighted by Gasteiger charge is -2.27. The molecule has 8 rings (SSSR count). The standard InChI is InChI=1S/C38H25NS/c1-3-12-26(13-4-1)27-16-11-19-31(22-27)39(30-17-5-2-6-18-30)36-25-35-34-23-28-14-7-8-15-29(28)24-37(34)40-38(35)33-21-10-9-20-32(33)36/h1-25H. The van der Waals surface area contributed by atoms with Crippen LogP contribution in [0.15, 0.2) is 152 Å². The molecule has 0 saturated carbocycles. The van der Waals surface area contributed by atoms with Gasteiger partial charge in [0.1, 0.15) is 0 Å². The van der Waals surface area contributed by atoms with Crippen LogP contribution < -0.4 is 4.90 Å². The molecule has 2 heteroatoms. The average Bonchev–Trinajstić information content (AvgIpc) is 3.39. The van der Waals surface area contributed by atoms with Crippen LogP contribution in [0, 0.1) is 0 Å². The summed E-state index contributed by atoms with van der Waals surface area (Å²) in [5, 5.41) is 7.73. The summed E-state index contributed by atoms with van der Waals surface area (Å²) in [6.45, 7) is 0. The second kappa shape index (κ2) is 9.37. The molecule has 0 radical (unpaired) electrons. The SMILES string of the molecule is c1ccc(-c2cccc(N(c3ccccc3)c3cc4c5cc6ccccc6cc5sc4c4ccccc34)c2)cc1. The van der Waals surface area contributed by atoms with Gasteiger partial charge in [-0.15, -0.1) is 11.3 Å². The Morgan fingerprint density at radius 1 is 0.400 bits per heavy atom. The van der Waals surface area contributed by atoms with Gasteiger partial charge in [0, 0.05) is 42.3 Å². The van der Waals surface area contributed by atoms with E-state index in [0.717, 1.165) is 11.4 Å². The van der Waals surface area contributed by atoms with Crippen LogP contribution in [0.5, 0.6) is 0 Å². The van der Waals surface area contributed by atoms with Gasteiger partial charge in [-0.3, -0.25) is 0 Å². The summed E-state index contributed by atoms with van der Waals surface area (Å²) in [4.78, 5) is 2.42. The molecule has 1 nitrogen and oxygen atoms in total. The number of nitrogens with zero attached hydrogens (tertiary/aromatic N) is 1. The quantitative estimate of drug-likeness (QED) is 0.220. The van der Waals surface area contributed by atoms with E-state index in [-0.39, 0.29) is 0 Å². The number of para-hydroxylation sites is 1. The number of fused-ring (bicyclic) bond motifs is 6. The molecule has 8 aromatic rings. The fraction of sp³-hybridized carbons (Fsp3) is 0. The summed E-state index contributed by atoms with van der Waals surface area (Å²) in [5.41, 5.74) is 5.89. The minimum Gasteiger partial charge on any atom is -0.310 e. The van der Waals surface area contributed by atoms with Crippen molar-refractivity contribution < 1.29 is 0 Å². The second-order valence-electron chi connectivity index (χ2n) is 10.2. The van der Waals surface area contributed by atoms with E-state index < -0.39 is 0 Å². The number of hydrogen-bond donors (Lipinski definition) is 0. The van der Waals surface area contributed by atoms with Crippen LogP contribution >= 0.6 is 11.3 Å². The number of anilines is 3. The Bertz CT molecular complexity index is 2160. The smallest absolute Gasteiger partial charge is 0.0547 e. The molecule has 0 aliphatic rings. The summed E-state index contributed by atoms with van der Waals surface area (Å²) in [7, 11) is 0. The Labute approximate surface area is 237 Å². The van der Waals surface area contributed by atoms with Gasteiger partial charge in [-0.25, -0.2) is 0 Å². The molecule has 0 N–H and O–H groups in total. The molecule has 7 aromatic carbocycles. The van der Waals surface area contributed by atoms with Gasteiger partial charge in [-0.05, 0) is 64.4 Å². The first-order valence-corrected chi connectivity index (χ1v) is 14.4. The molecule has 0 unspecified atom stereocenters. The van der Waals surface area contributed by atoms with E-state index in [4.69, 9.17) is 0 Å². The van der Waals surface area contributed by atoms with E-state index in [1.165, 1.54) is 58.5 Å². The van der Waals surface area contributed by atoms with Gasteiger partial charge in [0.25, 0.3) is 0 Å². The largest absolute Gasteiger partial charge is 0.310 e. The second-order valence-corrected chi connectivity index (χ2v) is 11.3. The van der Waals surface area contributed by atoms with E-state index in [9.17, 15) is 0 Å². The first-order valence-electron chi connectivity index (χ1n) is 13.6. The molecule has 40 heavy (non-hydrogen) atoms. The molecule has 1 heterocycles. The van der Waals surface area contributed by atoms with Gasteiger partial charge < -0.3 is 4.90 Å². The summed E-state index contributed by atoms with van der Waals surface area (Å²) < 4.78 is 2.67. The van der Waals surface area contributed by atoms with Crippen LogP contribution in [0.1, 0.15) is 0 Å². The van der Waals surface area contributed by atoms with E-state index in [2.05, 4.69) is 157 Å². The predicted molar refractivity (Wildman–Crippen MR) is 174 cm³/mol. The van der Waals surface area contributed by atoms with Crippen molar-refractivity contribution in [2.75, 3.05) is 4.90 Å². The van der Waals surface area contributed by atoms with Crippen molar-refractivity contribution in [3.05, 3.63) is 152 Å². The first kappa shape index (κ1) is 23.0. The summed E-state index contributed by atoms with van der Waals surface area (Å²) in [6.07, 6.45) is 0. The molecule has 0 spiro atoms. The van der Waals surface area contributed by atoms with Crippen molar-refractivity contribution in [3.8, 4) is 11.1 Å². The van der Waals surface area contributed by atoms with Crippen LogP contribution in [-0.4, -0.2) is 0 Å². The molecule has 0 fully saturated rings. The van der Waals surface area contributed by atoms with Crippen molar-refractivity contribution in [1.82, 2.24) is 0 Å². The van der Waals surface area contributed by atoms with Crippen molar-refractivity contribution in [1.29, 1.82) is 0 Å². The predicted octanol–water partition coefficient (Wildman–Crippen LogP) is 11.5. The van der Waals surface area contributed by atoms with Crippen molar-refractivity contribution in [3.63, 3.8) is 0 Å². The van der Waals surface area contributed by atoms with Gasteiger partial charge in [-0.1, -0.05) is 109 Å². The van der Waals surface area contributed by atoms with Crippen LogP contribution in [0.2, 0.25) is 0 Å². The first-order chi connectivity index (χ1) is 19.8. The van der Waals surface area contributed by atoms with Gasteiger partial charge >= 0.3 is 0 Å². The summed E-state index contributed by atoms with van der Waals surface area (Å²) in [6, 6.07) is 54.9. The zero-order valence-electron chi connectivity index (χ0n) is 21.8. The highest BCUT2D eigenvalue weighted by Gasteiger charge is 2.19. The zero-order valence-corrected chi connectivity index (χ0v) is 22.6. The monoisotopic (exact) mass is 527 g/mol. The van der Waals surface area contributed by atoms with E-state index >= 15 is 0 Å². The fourth-order valence-corrected chi connectivity index (χ4v) is 7.16. The maximum atomic E-state index is 2.42. The minimum absolute atomic E-state index is 1.14. The molecule has 0 amide bonds. The van der Waals surface area contributed by atoms with Crippen LogP contribution in [0.4, 0.5) is 17.1 Å². The molecular weight excluding hydrogens is 502 g/mol. The lowest BCUT2D eigenvalue weighted by atomic mass is 10.00. The Hall–Kier alpha value is -4.92. The number of hydrogen-bond acceptors (Lipinski definition) is 2. The molecular formula is C38H25NS. The van der Waals surface area contributed by atoms with Gasteiger partial charge in [0.2, 0.25) is 0 Å². The lowest BCUT2D eigenvalue weighted by molar-refractivity contribution is 1.30. The van der Waals surface area contributed by atoms with Crippen LogP contribution in [-0.2, 0) is 0 Å². The van der Waals surface area contributed by atoms with Crippen LogP contribution in [0.3, 0.4) is 0 Å². The third-order valence-corrected chi connectivity index (χ3v) is 8.99. The van der Waals surface area contributed by atoms with Gasteiger partial charge in [0.05, 0.1) is 5.69 Å². The van der Waals surface area contributed by atoms with Gasteiger partial charge in [-0.2, -0.15) is 0 Å². The van der Waals surface area contributed by atoms with Crippen LogP contribution in [0.25, 0.3) is 52.8 Å². The molecule has 188 valence electrons. The van der Waals surface area contributed by atoms with E-state index in [1.54, 1.807) is 0 Å². The van der Waals surface area contributed by atoms with Crippen molar-refractivity contribution in [2.24, 2.45) is 0 Å². The highest BCUT2D eigenvalue weighted by molar-refractivity contribution is 7.26.